The molecule has 11 aromatic rings. The standard InChI is InChI=1S/C44H52FN10O11PS2Si.C37H48FN10O10PS2Si.CH4.2H3N.Na.H2O/c1-23(2)37(57)52-43-51-36-30(39(59)53-43)49-22-55(36)41-33(32(27(18-56)69-41)66-70(6,7)44(3,4)5)65-67(61,68)62-19-26-31(64-42(60)25-16-12-9-13-17-25)28(45)40(63-26)54-21-48-29-34(46-20-47-35(29)54)50-38(58)24-14-10-8-11-15-24;1-18(2)31(51)45-36-44-30-24(33(53)46-36)42-17-48(30)35-27(26(21(13-49)61-35)58-62(6,7)37(3,4)5)57-59(54,60)55-14-20-25(50)22(38)34(56-20)47-16-41-23-28(39-15-40-29(23)47)43-32(52)19-11-9-8-10-12-19;;;;;/h8-17,20-23,26-28,31-33,40-41,56H,18-19H2,1-7H3,(H,61,68)(H,46,47,50,58)(H2,51,52,53,57,59);8-12,15-18,20-22,25-27,34-35,49-50H,13-14H2,1-7H3,(H,54,60)(H,39,40,43,52)(H2,44,45,46,51,53);1H4;2*1H3;;1H2/q;;;;;+1;/p-1/t26-,27-,28+,31-,32-,33-,40-,41-,67?;20-,21-,22+,25-,26-,27-,34-,35-,59?;;;;;/m11...../s1. The van der Waals surface area contributed by atoms with Crippen LogP contribution >= 0.6 is 49.3 Å². The number of ether oxygens (including phenoxy) is 3. The van der Waals surface area contributed by atoms with Crippen LogP contribution in [0.25, 0.3) is 44.7 Å². The molecule has 0 radical (unpaired) electrons. The molecule has 3 aromatic carbocycles. The molecule has 0 saturated carbocycles. The topological polar surface area (TPSA) is 629 Å². The zero-order valence-electron chi connectivity index (χ0n) is 76.5. The number of aromatic nitrogens is 16. The van der Waals surface area contributed by atoms with E-state index in [9.17, 15) is 58.3 Å². The van der Waals surface area contributed by atoms with Gasteiger partial charge in [-0.2, -0.15) is 9.97 Å². The van der Waals surface area contributed by atoms with Crippen molar-refractivity contribution in [1.29, 1.82) is 0 Å². The average molecular weight is 2060 g/mol. The predicted molar refractivity (Wildman–Crippen MR) is 515 cm³/mol. The monoisotopic (exact) mass is 2060 g/mol. The zero-order valence-corrected chi connectivity index (χ0v) is 85.7. The molecule has 17 N–H and O–H groups in total. The number of aliphatic hydroxyl groups is 3. The van der Waals surface area contributed by atoms with Crippen LogP contribution in [0.15, 0.2) is 139 Å². The van der Waals surface area contributed by atoms with E-state index in [1.165, 1.54) is 85.6 Å². The van der Waals surface area contributed by atoms with Crippen LogP contribution in [0.2, 0.25) is 36.3 Å². The van der Waals surface area contributed by atoms with Gasteiger partial charge >= 0.3 is 49.0 Å². The number of hydrogen-bond donors (Lipinski definition) is 13. The van der Waals surface area contributed by atoms with Gasteiger partial charge in [0.1, 0.15) is 53.9 Å². The van der Waals surface area contributed by atoms with Crippen LogP contribution in [0, 0.1) is 11.8 Å². The Bertz CT molecular complexity index is 6320. The van der Waals surface area contributed by atoms with E-state index in [4.69, 9.17) is 53.0 Å². The molecule has 738 valence electrons. The number of nitrogens with one attached hydrogen (secondary N) is 6. The first kappa shape index (κ1) is 112. The van der Waals surface area contributed by atoms with E-state index in [0.717, 1.165) is 6.33 Å². The van der Waals surface area contributed by atoms with Crippen molar-refractivity contribution in [3.63, 3.8) is 0 Å². The molecule has 15 rings (SSSR count). The minimum absolute atomic E-state index is 0. The molecule has 8 aromatic heterocycles. The number of halogens is 2. The molecule has 4 aliphatic heterocycles. The number of benzene rings is 3. The van der Waals surface area contributed by atoms with Crippen molar-refractivity contribution in [3.8, 4) is 0 Å². The fourth-order valence-corrected chi connectivity index (χ4v) is 22.9. The molecule has 0 aliphatic carbocycles. The molecule has 137 heavy (non-hydrogen) atoms. The summed E-state index contributed by atoms with van der Waals surface area (Å²) in [4.78, 5) is 151. The second-order valence-corrected chi connectivity index (χ2v) is 53.0. The first-order chi connectivity index (χ1) is 62.3. The second kappa shape index (κ2) is 45.6. The van der Waals surface area contributed by atoms with Crippen molar-refractivity contribution in [2.75, 3.05) is 47.7 Å². The van der Waals surface area contributed by atoms with Gasteiger partial charge in [-0.15, -0.1) is 23.5 Å². The summed E-state index contributed by atoms with van der Waals surface area (Å²) in [6.07, 6.45) is -10.1. The smallest absolute Gasteiger partial charge is 0.870 e. The summed E-state index contributed by atoms with van der Waals surface area (Å²) in [7, 11) is -5.31. The number of aliphatic hydroxyl groups excluding tert-OH is 3. The molecule has 0 spiro atoms. The van der Waals surface area contributed by atoms with Crippen molar-refractivity contribution >= 4 is 176 Å². The molecule has 4 fully saturated rings. The summed E-state index contributed by atoms with van der Waals surface area (Å²) < 4.78 is 109. The molecule has 4 aliphatic rings. The maximum absolute atomic E-state index is 17.0. The number of thioether (sulfide) groups is 2. The van der Waals surface area contributed by atoms with Gasteiger partial charge in [0.25, 0.3) is 22.9 Å². The van der Waals surface area contributed by atoms with Crippen LogP contribution in [0.1, 0.15) is 131 Å². The number of amides is 4. The third kappa shape index (κ3) is 24.6. The van der Waals surface area contributed by atoms with Crippen LogP contribution in [-0.2, 0) is 67.1 Å². The maximum Gasteiger partial charge on any atom is 1.00 e. The first-order valence-corrected chi connectivity index (χ1v) is 54.7. The number of rotatable bonds is 30. The van der Waals surface area contributed by atoms with Crippen molar-refractivity contribution in [1.82, 2.24) is 90.4 Å². The molecule has 4 amide bonds. The van der Waals surface area contributed by atoms with Crippen LogP contribution < -0.4 is 74.2 Å². The summed E-state index contributed by atoms with van der Waals surface area (Å²) in [5.74, 6) is -3.58. The Hall–Kier alpha value is -8.57. The van der Waals surface area contributed by atoms with Crippen molar-refractivity contribution in [2.24, 2.45) is 11.8 Å². The van der Waals surface area contributed by atoms with Gasteiger partial charge in [0.15, 0.2) is 104 Å². The minimum Gasteiger partial charge on any atom is -0.870 e. The number of anilines is 4. The number of H-pyrrole nitrogens is 2. The van der Waals surface area contributed by atoms with Crippen molar-refractivity contribution in [3.05, 3.63) is 166 Å². The fraction of sp³-hybridized carbons (Fsp3) is 0.476. The normalized spacial score (nSPS) is 23.6. The summed E-state index contributed by atoms with van der Waals surface area (Å²) in [5.41, 5.74) is -0.00305. The van der Waals surface area contributed by atoms with Crippen molar-refractivity contribution < 1.29 is 134 Å². The number of imidazole rings is 4. The fourth-order valence-electron chi connectivity index (χ4n) is 14.1. The Morgan fingerprint density at radius 3 is 1.34 bits per heavy atom. The maximum atomic E-state index is 17.0. The summed E-state index contributed by atoms with van der Waals surface area (Å²) in [6.45, 7) is 15.9. The van der Waals surface area contributed by atoms with Crippen LogP contribution in [0.4, 0.5) is 32.3 Å². The van der Waals surface area contributed by atoms with Crippen LogP contribution in [0.3, 0.4) is 0 Å². The number of carbonyl (C=O) groups excluding carboxylic acids is 5. The van der Waals surface area contributed by atoms with Crippen molar-refractivity contribution in [2.45, 2.75) is 208 Å². The Morgan fingerprint density at radius 2 is 0.934 bits per heavy atom. The van der Waals surface area contributed by atoms with Gasteiger partial charge < -0.3 is 76.2 Å². The Labute approximate surface area is 827 Å². The van der Waals surface area contributed by atoms with Gasteiger partial charge in [-0.05, 0) is 84.5 Å². The molecule has 4 saturated heterocycles. The number of hydrogen-bond acceptors (Lipinski definition) is 36. The Morgan fingerprint density at radius 1 is 0.555 bits per heavy atom. The third-order valence-electron chi connectivity index (χ3n) is 23.3. The quantitative estimate of drug-likeness (QED) is 0.00867. The number of thiol groups is 1. The molecule has 44 nitrogen and oxygen atoms in total. The van der Waals surface area contributed by atoms with E-state index >= 15 is 8.78 Å². The van der Waals surface area contributed by atoms with E-state index < -0.39 is 191 Å². The summed E-state index contributed by atoms with van der Waals surface area (Å²) in [6, 6.07) is 24.8. The van der Waals surface area contributed by atoms with Gasteiger partial charge in [0.2, 0.25) is 23.7 Å². The Kier molecular flexibility index (Phi) is 37.3. The second-order valence-electron chi connectivity index (χ2n) is 35.1. The first-order valence-electron chi connectivity index (χ1n) is 41.7. The number of nitrogens with zero attached hydrogens (tertiary/aromatic N) is 14. The van der Waals surface area contributed by atoms with E-state index in [0.29, 0.717) is 11.1 Å². The number of carbonyl (C=O) groups is 5. The number of esters is 1. The average Bonchev–Trinajstić information content (AvgIpc) is 1.60. The molecular formula is C82H111F2N22NaO22P2S4Si2. The Balaban J connectivity index is 0.000000298. The molecule has 0 bridgehead atoms. The van der Waals surface area contributed by atoms with Gasteiger partial charge in [-0.3, -0.25) is 81.2 Å². The SMILES string of the molecule is C.CC(C)C(=O)Nc1nc2c(ncn2[C@@H]2S[C@H](CO)[C@@H](O[Si](C)(C)C(C)(C)C)[C@H]2OP(=O)(S)OC[C@H]2O[C@@H](n3cnc4c(NC(=O)c5ccccc5)ncnc43)[C@@H](F)[C@@H]2OC(=O)c2ccccc2)c(=O)[nH]1.CC(C)C(=O)Nc1nc2c(ncn2[C@@H]2S[C@H](CO)[C@@H](O[Si](C)(C)C(C)(C)C)[C@H]2OP(O)(=S)OC[C@H]2O[C@@H](n3cnc4c(NC(=O)c5ccccc5)ncnc43)[C@@H](F)[C@@H]2O)c(=O)[nH]1.N.N.[Na+].[OH-]. The third-order valence-corrected chi connectivity index (χ3v) is 38.5. The number of aromatic amines is 2. The van der Waals surface area contributed by atoms with Gasteiger partial charge in [0, 0.05) is 23.0 Å². The predicted octanol–water partition coefficient (Wildman–Crippen LogP) is 8.51. The molecule has 2 unspecified atom stereocenters. The van der Waals surface area contributed by atoms with Gasteiger partial charge in [-0.1, -0.05) is 144 Å². The minimum atomic E-state index is -4.59. The zero-order chi connectivity index (χ0) is 95.2. The molecule has 12 heterocycles. The van der Waals surface area contributed by atoms with Gasteiger partial charge in [-0.25, -0.2) is 58.0 Å². The largest absolute Gasteiger partial charge is 1.00 e. The molecular weight excluding hydrogens is 1950 g/mol. The molecule has 18 atom stereocenters. The number of fused-ring (bicyclic) bond motifs is 4. The van der Waals surface area contributed by atoms with E-state index in [1.54, 1.807) is 107 Å². The van der Waals surface area contributed by atoms with E-state index in [1.807, 2.05) is 67.7 Å². The van der Waals surface area contributed by atoms with Crippen LogP contribution in [0.5, 0.6) is 0 Å². The van der Waals surface area contributed by atoms with E-state index in [2.05, 4.69) is 93.3 Å². The summed E-state index contributed by atoms with van der Waals surface area (Å²) in [5, 5.41) is 39.3. The number of alkyl halides is 2. The van der Waals surface area contributed by atoms with Crippen LogP contribution in [-0.4, -0.2) is 248 Å². The summed E-state index contributed by atoms with van der Waals surface area (Å²) >= 11 is 12.4. The van der Waals surface area contributed by atoms with Gasteiger partial charge in [0.05, 0.1) is 80.0 Å². The van der Waals surface area contributed by atoms with E-state index in [-0.39, 0.29) is 151 Å². The molecule has 55 heteroatoms.